The van der Waals surface area contributed by atoms with Crippen LogP contribution in [0.25, 0.3) is 0 Å². The molecular weight excluding hydrogens is 546 g/mol. The highest BCUT2D eigenvalue weighted by atomic mass is 32.1. The van der Waals surface area contributed by atoms with Gasteiger partial charge in [0, 0.05) is 23.7 Å². The van der Waals surface area contributed by atoms with Gasteiger partial charge in [0.05, 0.1) is 20.8 Å². The number of carbonyl (C=O) groups excluding carboxylic acids is 2. The van der Waals surface area contributed by atoms with Gasteiger partial charge in [-0.15, -0.1) is 11.3 Å². The second-order valence-electron chi connectivity index (χ2n) is 11.7. The molecule has 0 atom stereocenters. The van der Waals surface area contributed by atoms with E-state index in [1.807, 2.05) is 40.6 Å². The van der Waals surface area contributed by atoms with E-state index < -0.39 is 0 Å². The van der Waals surface area contributed by atoms with Gasteiger partial charge in [-0.1, -0.05) is 71.9 Å². The fourth-order valence-electron chi connectivity index (χ4n) is 4.99. The predicted octanol–water partition coefficient (Wildman–Crippen LogP) is 7.77. The third-order valence-corrected chi connectivity index (χ3v) is 8.06. The quantitative estimate of drug-likeness (QED) is 0.207. The van der Waals surface area contributed by atoms with E-state index in [0.717, 1.165) is 27.3 Å². The third-order valence-electron chi connectivity index (χ3n) is 7.20. The van der Waals surface area contributed by atoms with Crippen LogP contribution in [0.1, 0.15) is 74.9 Å². The number of urea groups is 1. The minimum Gasteiger partial charge on any atom is -0.493 e. The average molecular weight is 594 g/mol. The summed E-state index contributed by atoms with van der Waals surface area (Å²) in [7, 11) is 3.23. The van der Waals surface area contributed by atoms with Crippen LogP contribution in [0.15, 0.2) is 53.9 Å². The van der Waals surface area contributed by atoms with Crippen LogP contribution in [0, 0.1) is 5.92 Å². The van der Waals surface area contributed by atoms with Gasteiger partial charge >= 0.3 is 6.03 Å². The Kier molecular flexibility index (Phi) is 12.3. The van der Waals surface area contributed by atoms with Crippen molar-refractivity contribution in [2.75, 3.05) is 39.2 Å². The summed E-state index contributed by atoms with van der Waals surface area (Å²) in [4.78, 5) is 32.3. The molecule has 0 radical (unpaired) electrons. The number of thiophene rings is 1. The van der Waals surface area contributed by atoms with Gasteiger partial charge in [-0.3, -0.25) is 4.79 Å². The Morgan fingerprint density at radius 3 is 2.07 bits per heavy atom. The largest absolute Gasteiger partial charge is 0.493 e. The van der Waals surface area contributed by atoms with Gasteiger partial charge in [0.15, 0.2) is 11.5 Å². The van der Waals surface area contributed by atoms with Crippen molar-refractivity contribution in [3.63, 3.8) is 0 Å². The molecule has 0 spiro atoms. The molecule has 3 amide bonds. The molecule has 0 aliphatic carbocycles. The van der Waals surface area contributed by atoms with Crippen molar-refractivity contribution >= 4 is 29.0 Å². The lowest BCUT2D eigenvalue weighted by Crippen LogP contribution is -2.46. The van der Waals surface area contributed by atoms with Gasteiger partial charge in [0.2, 0.25) is 5.91 Å². The van der Waals surface area contributed by atoms with Crippen molar-refractivity contribution in [3.8, 4) is 11.5 Å². The number of hydrogen-bond donors (Lipinski definition) is 1. The van der Waals surface area contributed by atoms with Crippen LogP contribution in [0.2, 0.25) is 0 Å². The number of carbonyl (C=O) groups is 2. The van der Waals surface area contributed by atoms with Crippen molar-refractivity contribution in [1.82, 2.24) is 9.80 Å². The molecule has 3 aromatic rings. The molecule has 0 saturated heterocycles. The van der Waals surface area contributed by atoms with Crippen LogP contribution in [-0.4, -0.2) is 55.6 Å². The lowest BCUT2D eigenvalue weighted by Gasteiger charge is -2.30. The first-order valence-corrected chi connectivity index (χ1v) is 15.6. The molecule has 0 bridgehead atoms. The van der Waals surface area contributed by atoms with E-state index in [9.17, 15) is 9.59 Å². The number of benzene rings is 2. The van der Waals surface area contributed by atoms with E-state index in [2.05, 4.69) is 65.1 Å². The molecule has 2 aromatic carbocycles. The van der Waals surface area contributed by atoms with Crippen molar-refractivity contribution in [2.24, 2.45) is 5.92 Å². The number of nitrogens with zero attached hydrogens (tertiary/aromatic N) is 2. The van der Waals surface area contributed by atoms with E-state index >= 15 is 0 Å². The smallest absolute Gasteiger partial charge is 0.322 e. The highest BCUT2D eigenvalue weighted by Crippen LogP contribution is 2.33. The van der Waals surface area contributed by atoms with E-state index in [-0.39, 0.29) is 36.2 Å². The van der Waals surface area contributed by atoms with Crippen LogP contribution in [-0.2, 0) is 17.8 Å². The zero-order valence-corrected chi connectivity index (χ0v) is 27.2. The zero-order valence-electron chi connectivity index (χ0n) is 26.4. The Bertz CT molecular complexity index is 1280. The standard InChI is InChI=1S/C34H47N3O4S/c1-23(2)20-37(34(39)35-33-28(24(3)4)12-9-13-29(33)25(5)6)22-32(38)36(21-27-11-10-18-42-27)17-16-26-14-15-30(40-7)31(19-26)41-8/h9-15,18-19,23-25H,16-17,20-22H2,1-8H3,(H,35,39). The summed E-state index contributed by atoms with van der Waals surface area (Å²) in [5.41, 5.74) is 4.09. The topological polar surface area (TPSA) is 71.1 Å². The fourth-order valence-corrected chi connectivity index (χ4v) is 5.71. The first-order chi connectivity index (χ1) is 20.0. The molecule has 1 aromatic heterocycles. The number of ether oxygens (including phenoxy) is 2. The van der Waals surface area contributed by atoms with Crippen molar-refractivity contribution in [3.05, 3.63) is 75.5 Å². The van der Waals surface area contributed by atoms with Gasteiger partial charge in [-0.05, 0) is 64.4 Å². The third kappa shape index (κ3) is 8.99. The van der Waals surface area contributed by atoms with Gasteiger partial charge in [-0.2, -0.15) is 0 Å². The molecule has 1 heterocycles. The van der Waals surface area contributed by atoms with E-state index in [4.69, 9.17) is 9.47 Å². The van der Waals surface area contributed by atoms with Gasteiger partial charge in [0.25, 0.3) is 0 Å². The first kappa shape index (κ1) is 33.0. The molecule has 3 rings (SSSR count). The molecular formula is C34H47N3O4S. The van der Waals surface area contributed by atoms with Crippen molar-refractivity contribution in [2.45, 2.75) is 66.3 Å². The molecule has 1 N–H and O–H groups in total. The zero-order chi connectivity index (χ0) is 30.8. The normalized spacial score (nSPS) is 11.2. The van der Waals surface area contributed by atoms with Crippen molar-refractivity contribution < 1.29 is 19.1 Å². The number of nitrogens with one attached hydrogen (secondary N) is 1. The van der Waals surface area contributed by atoms with Gasteiger partial charge in [0.1, 0.15) is 6.54 Å². The van der Waals surface area contributed by atoms with E-state index in [1.165, 1.54) is 0 Å². The van der Waals surface area contributed by atoms with Crippen LogP contribution in [0.4, 0.5) is 10.5 Å². The summed E-state index contributed by atoms with van der Waals surface area (Å²) >= 11 is 1.62. The minimum atomic E-state index is -0.247. The molecule has 0 unspecified atom stereocenters. The Labute approximate surface area is 255 Å². The van der Waals surface area contributed by atoms with Crippen LogP contribution in [0.5, 0.6) is 11.5 Å². The summed E-state index contributed by atoms with van der Waals surface area (Å²) in [5, 5.41) is 5.23. The molecule has 8 heteroatoms. The van der Waals surface area contributed by atoms with E-state index in [0.29, 0.717) is 37.6 Å². The van der Waals surface area contributed by atoms with Crippen LogP contribution in [0.3, 0.4) is 0 Å². The number of para-hydroxylation sites is 1. The maximum Gasteiger partial charge on any atom is 0.322 e. The van der Waals surface area contributed by atoms with Crippen LogP contribution >= 0.6 is 11.3 Å². The number of anilines is 1. The van der Waals surface area contributed by atoms with E-state index in [1.54, 1.807) is 30.5 Å². The monoisotopic (exact) mass is 593 g/mol. The average Bonchev–Trinajstić information content (AvgIpc) is 3.47. The summed E-state index contributed by atoms with van der Waals surface area (Å²) in [6, 6.07) is 15.8. The van der Waals surface area contributed by atoms with Crippen molar-refractivity contribution in [1.29, 1.82) is 0 Å². The molecule has 0 saturated carbocycles. The maximum absolute atomic E-state index is 13.9. The minimum absolute atomic E-state index is 0.00216. The molecule has 228 valence electrons. The second-order valence-corrected chi connectivity index (χ2v) is 12.7. The highest BCUT2D eigenvalue weighted by molar-refractivity contribution is 7.09. The Balaban J connectivity index is 1.83. The summed E-state index contributed by atoms with van der Waals surface area (Å²) < 4.78 is 10.8. The summed E-state index contributed by atoms with van der Waals surface area (Å²) in [6.07, 6.45) is 0.646. The first-order valence-electron chi connectivity index (χ1n) is 14.7. The van der Waals surface area contributed by atoms with Crippen LogP contribution < -0.4 is 14.8 Å². The Morgan fingerprint density at radius 2 is 1.52 bits per heavy atom. The Hall–Kier alpha value is -3.52. The molecule has 42 heavy (non-hydrogen) atoms. The van der Waals surface area contributed by atoms with Gasteiger partial charge in [-0.25, -0.2) is 4.79 Å². The Morgan fingerprint density at radius 1 is 0.857 bits per heavy atom. The molecule has 0 fully saturated rings. The maximum atomic E-state index is 13.9. The second kappa shape index (κ2) is 15.6. The number of hydrogen-bond acceptors (Lipinski definition) is 5. The summed E-state index contributed by atoms with van der Waals surface area (Å²) in [6.45, 7) is 14.1. The number of methoxy groups -OCH3 is 2. The summed E-state index contributed by atoms with van der Waals surface area (Å²) in [5.74, 6) is 1.94. The molecule has 0 aliphatic rings. The fraction of sp³-hybridized carbons (Fsp3) is 0.471. The number of amides is 3. The highest BCUT2D eigenvalue weighted by Gasteiger charge is 2.25. The lowest BCUT2D eigenvalue weighted by molar-refractivity contribution is -0.132. The SMILES string of the molecule is COc1ccc(CCN(Cc2cccs2)C(=O)CN(CC(C)C)C(=O)Nc2c(C(C)C)cccc2C(C)C)cc1OC. The number of rotatable bonds is 14. The lowest BCUT2D eigenvalue weighted by atomic mass is 9.93. The molecule has 7 nitrogen and oxygen atoms in total. The molecule has 0 aliphatic heterocycles. The predicted molar refractivity (Wildman–Crippen MR) is 173 cm³/mol. The van der Waals surface area contributed by atoms with Gasteiger partial charge < -0.3 is 24.6 Å².